The van der Waals surface area contributed by atoms with Crippen LogP contribution in [0.1, 0.15) is 24.9 Å². The van der Waals surface area contributed by atoms with Crippen LogP contribution in [0.4, 0.5) is 0 Å². The van der Waals surface area contributed by atoms with Crippen LogP contribution in [0.15, 0.2) is 42.5 Å². The molecule has 2 nitrogen and oxygen atoms in total. The van der Waals surface area contributed by atoms with E-state index in [-0.39, 0.29) is 11.8 Å². The Morgan fingerprint density at radius 2 is 1.78 bits per heavy atom. The fraction of sp³-hybridized carbons (Fsp3) is 0.312. The van der Waals surface area contributed by atoms with Crippen molar-refractivity contribution in [1.82, 2.24) is 4.90 Å². The molecular formula is C16H19NO. The number of ketones is 1. The minimum absolute atomic E-state index is 0.147. The summed E-state index contributed by atoms with van der Waals surface area (Å²) in [5.74, 6) is 0.224. The lowest BCUT2D eigenvalue weighted by molar-refractivity contribution is -0.118. The summed E-state index contributed by atoms with van der Waals surface area (Å²) in [7, 11) is 4.05. The van der Waals surface area contributed by atoms with Gasteiger partial charge in [-0.25, -0.2) is 0 Å². The molecular weight excluding hydrogens is 222 g/mol. The Bertz CT molecular complexity index is 555. The molecule has 0 aliphatic rings. The largest absolute Gasteiger partial charge is 0.302 e. The Labute approximate surface area is 108 Å². The molecule has 0 aliphatic carbocycles. The van der Waals surface area contributed by atoms with Crippen molar-refractivity contribution in [2.24, 2.45) is 0 Å². The molecule has 0 fully saturated rings. The second-order valence-corrected chi connectivity index (χ2v) is 4.95. The van der Waals surface area contributed by atoms with Gasteiger partial charge in [0, 0.05) is 12.5 Å². The predicted octanol–water partition coefficient (Wildman–Crippen LogP) is 3.42. The quantitative estimate of drug-likeness (QED) is 0.817. The van der Waals surface area contributed by atoms with Gasteiger partial charge in [0.05, 0.1) is 0 Å². The van der Waals surface area contributed by atoms with E-state index in [2.05, 4.69) is 35.2 Å². The Morgan fingerprint density at radius 3 is 2.44 bits per heavy atom. The molecule has 2 heteroatoms. The van der Waals surface area contributed by atoms with Crippen molar-refractivity contribution in [3.05, 3.63) is 48.0 Å². The summed E-state index contributed by atoms with van der Waals surface area (Å²) in [5.41, 5.74) is 1.23. The maximum absolute atomic E-state index is 11.4. The molecule has 1 unspecified atom stereocenters. The van der Waals surface area contributed by atoms with Gasteiger partial charge in [-0.2, -0.15) is 0 Å². The SMILES string of the molecule is CC(=O)CC(c1cccc2ccccc12)N(C)C. The van der Waals surface area contributed by atoms with Crippen molar-refractivity contribution in [2.45, 2.75) is 19.4 Å². The zero-order valence-corrected chi connectivity index (χ0v) is 11.2. The van der Waals surface area contributed by atoms with Crippen molar-refractivity contribution >= 4 is 16.6 Å². The minimum atomic E-state index is 0.147. The number of fused-ring (bicyclic) bond motifs is 1. The standard InChI is InChI=1S/C16H19NO/c1-12(18)11-16(17(2)3)15-10-6-8-13-7-4-5-9-14(13)15/h4-10,16H,11H2,1-3H3. The van der Waals surface area contributed by atoms with E-state index in [4.69, 9.17) is 0 Å². The fourth-order valence-corrected chi connectivity index (χ4v) is 2.38. The number of Topliss-reactive ketones (excluding diaryl/α,β-unsaturated/α-hetero) is 1. The molecule has 0 saturated carbocycles. The first-order chi connectivity index (χ1) is 8.59. The normalized spacial score (nSPS) is 12.9. The van der Waals surface area contributed by atoms with Gasteiger partial charge in [-0.1, -0.05) is 42.5 Å². The lowest BCUT2D eigenvalue weighted by Gasteiger charge is -2.25. The monoisotopic (exact) mass is 241 g/mol. The van der Waals surface area contributed by atoms with Gasteiger partial charge in [0.15, 0.2) is 0 Å². The maximum atomic E-state index is 11.4. The average Bonchev–Trinajstić information content (AvgIpc) is 2.35. The lowest BCUT2D eigenvalue weighted by Crippen LogP contribution is -2.22. The van der Waals surface area contributed by atoms with Gasteiger partial charge < -0.3 is 4.90 Å². The van der Waals surface area contributed by atoms with Crippen molar-refractivity contribution in [1.29, 1.82) is 0 Å². The summed E-state index contributed by atoms with van der Waals surface area (Å²) < 4.78 is 0. The van der Waals surface area contributed by atoms with Crippen LogP contribution in [0.2, 0.25) is 0 Å². The summed E-state index contributed by atoms with van der Waals surface area (Å²) in [6.07, 6.45) is 0.557. The predicted molar refractivity (Wildman–Crippen MR) is 75.7 cm³/mol. The number of rotatable bonds is 4. The van der Waals surface area contributed by atoms with Gasteiger partial charge in [-0.15, -0.1) is 0 Å². The highest BCUT2D eigenvalue weighted by Crippen LogP contribution is 2.29. The zero-order chi connectivity index (χ0) is 13.1. The Balaban J connectivity index is 2.53. The van der Waals surface area contributed by atoms with E-state index in [1.807, 2.05) is 26.2 Å². The van der Waals surface area contributed by atoms with E-state index in [1.165, 1.54) is 16.3 Å². The Hall–Kier alpha value is -1.67. The van der Waals surface area contributed by atoms with Crippen LogP contribution in [-0.2, 0) is 4.79 Å². The van der Waals surface area contributed by atoms with Gasteiger partial charge in [-0.05, 0) is 37.4 Å². The van der Waals surface area contributed by atoms with E-state index in [0.29, 0.717) is 6.42 Å². The number of hydrogen-bond donors (Lipinski definition) is 0. The third-order valence-electron chi connectivity index (χ3n) is 3.29. The highest BCUT2D eigenvalue weighted by molar-refractivity contribution is 5.87. The van der Waals surface area contributed by atoms with Gasteiger partial charge >= 0.3 is 0 Å². The summed E-state index contributed by atoms with van der Waals surface area (Å²) in [5, 5.41) is 2.46. The third kappa shape index (κ3) is 2.59. The van der Waals surface area contributed by atoms with Gasteiger partial charge in [0.25, 0.3) is 0 Å². The van der Waals surface area contributed by atoms with E-state index in [1.54, 1.807) is 6.92 Å². The number of hydrogen-bond acceptors (Lipinski definition) is 2. The molecule has 94 valence electrons. The summed E-state index contributed by atoms with van der Waals surface area (Å²) in [6, 6.07) is 14.8. The average molecular weight is 241 g/mol. The molecule has 2 rings (SSSR count). The molecule has 0 aromatic heterocycles. The topological polar surface area (TPSA) is 20.3 Å². The van der Waals surface area contributed by atoms with Crippen molar-refractivity contribution in [3.63, 3.8) is 0 Å². The molecule has 0 amide bonds. The van der Waals surface area contributed by atoms with Crippen LogP contribution in [0.5, 0.6) is 0 Å². The molecule has 1 atom stereocenters. The van der Waals surface area contributed by atoms with Crippen molar-refractivity contribution in [2.75, 3.05) is 14.1 Å². The first-order valence-corrected chi connectivity index (χ1v) is 6.23. The van der Waals surface area contributed by atoms with Crippen molar-refractivity contribution < 1.29 is 4.79 Å². The third-order valence-corrected chi connectivity index (χ3v) is 3.29. The zero-order valence-electron chi connectivity index (χ0n) is 11.2. The van der Waals surface area contributed by atoms with E-state index < -0.39 is 0 Å². The Kier molecular flexibility index (Phi) is 3.78. The van der Waals surface area contributed by atoms with Crippen LogP contribution in [0.25, 0.3) is 10.8 Å². The van der Waals surface area contributed by atoms with Crippen LogP contribution >= 0.6 is 0 Å². The molecule has 0 aliphatic heterocycles. The molecule has 0 heterocycles. The van der Waals surface area contributed by atoms with Crippen LogP contribution in [0.3, 0.4) is 0 Å². The van der Waals surface area contributed by atoms with E-state index in [0.717, 1.165) is 0 Å². The highest BCUT2D eigenvalue weighted by atomic mass is 16.1. The summed E-state index contributed by atoms with van der Waals surface area (Å²) >= 11 is 0. The molecule has 0 saturated heterocycles. The number of nitrogens with zero attached hydrogens (tertiary/aromatic N) is 1. The van der Waals surface area contributed by atoms with Gasteiger partial charge in [0.2, 0.25) is 0 Å². The smallest absolute Gasteiger partial charge is 0.131 e. The fourth-order valence-electron chi connectivity index (χ4n) is 2.38. The number of carbonyl (C=O) groups is 1. The molecule has 0 bridgehead atoms. The van der Waals surface area contributed by atoms with E-state index in [9.17, 15) is 4.79 Å². The van der Waals surface area contributed by atoms with Crippen LogP contribution < -0.4 is 0 Å². The first-order valence-electron chi connectivity index (χ1n) is 6.23. The van der Waals surface area contributed by atoms with E-state index >= 15 is 0 Å². The molecule has 2 aromatic rings. The molecule has 18 heavy (non-hydrogen) atoms. The van der Waals surface area contributed by atoms with Gasteiger partial charge in [0.1, 0.15) is 5.78 Å². The molecule has 0 spiro atoms. The molecule has 0 N–H and O–H groups in total. The lowest BCUT2D eigenvalue weighted by atomic mass is 9.95. The second kappa shape index (κ2) is 5.32. The second-order valence-electron chi connectivity index (χ2n) is 4.95. The Morgan fingerprint density at radius 1 is 1.11 bits per heavy atom. The van der Waals surface area contributed by atoms with Crippen LogP contribution in [-0.4, -0.2) is 24.8 Å². The maximum Gasteiger partial charge on any atom is 0.131 e. The minimum Gasteiger partial charge on any atom is -0.302 e. The number of carbonyl (C=O) groups excluding carboxylic acids is 1. The summed E-state index contributed by atoms with van der Waals surface area (Å²) in [4.78, 5) is 13.6. The molecule has 2 aromatic carbocycles. The van der Waals surface area contributed by atoms with Crippen molar-refractivity contribution in [3.8, 4) is 0 Å². The highest BCUT2D eigenvalue weighted by Gasteiger charge is 2.18. The molecule has 0 radical (unpaired) electrons. The van der Waals surface area contributed by atoms with Crippen LogP contribution in [0, 0.1) is 0 Å². The first kappa shape index (κ1) is 12.8. The van der Waals surface area contributed by atoms with Gasteiger partial charge in [-0.3, -0.25) is 4.79 Å². The summed E-state index contributed by atoms with van der Waals surface area (Å²) in [6.45, 7) is 1.65. The number of benzene rings is 2.